The van der Waals surface area contributed by atoms with E-state index in [0.29, 0.717) is 0 Å². The molecule has 4 heteroatoms. The number of aliphatic carboxylic acids is 1. The van der Waals surface area contributed by atoms with Crippen molar-refractivity contribution in [2.24, 2.45) is 0 Å². The summed E-state index contributed by atoms with van der Waals surface area (Å²) in [5, 5.41) is 18.3. The van der Waals surface area contributed by atoms with Crippen LogP contribution in [0.25, 0.3) is 0 Å². The molecule has 78 valence electrons. The second kappa shape index (κ2) is 3.46. The maximum Gasteiger partial charge on any atom is 0.335 e. The normalized spacial score (nSPS) is 15.1. The zero-order valence-corrected chi connectivity index (χ0v) is 8.59. The molecular weight excluding hydrogens is 182 g/mol. The molecule has 0 spiro atoms. The Balaban J connectivity index is 2.88. The van der Waals surface area contributed by atoms with Crippen LogP contribution in [-0.4, -0.2) is 26.8 Å². The van der Waals surface area contributed by atoms with Gasteiger partial charge in [-0.25, -0.2) is 4.79 Å². The SMILES string of the molecule is Cc1cc(CC(C)(O)C(=O)O)c(C)[nH]1. The van der Waals surface area contributed by atoms with Crippen molar-refractivity contribution < 1.29 is 15.0 Å². The fourth-order valence-electron chi connectivity index (χ4n) is 1.41. The van der Waals surface area contributed by atoms with E-state index in [1.807, 2.05) is 19.9 Å². The van der Waals surface area contributed by atoms with Gasteiger partial charge in [0, 0.05) is 17.8 Å². The Labute approximate surface area is 82.6 Å². The molecule has 4 nitrogen and oxygen atoms in total. The molecule has 0 aliphatic carbocycles. The van der Waals surface area contributed by atoms with Crippen LogP contribution in [0, 0.1) is 13.8 Å². The number of hydrogen-bond acceptors (Lipinski definition) is 2. The molecule has 1 heterocycles. The van der Waals surface area contributed by atoms with E-state index in [0.717, 1.165) is 17.0 Å². The molecule has 1 aromatic rings. The van der Waals surface area contributed by atoms with Gasteiger partial charge in [0.15, 0.2) is 5.60 Å². The molecule has 0 saturated carbocycles. The minimum atomic E-state index is -1.70. The Kier molecular flexibility index (Phi) is 2.66. The topological polar surface area (TPSA) is 73.3 Å². The van der Waals surface area contributed by atoms with Crippen LogP contribution in [-0.2, 0) is 11.2 Å². The number of aliphatic hydroxyl groups is 1. The first-order valence-electron chi connectivity index (χ1n) is 4.44. The Morgan fingerprint density at radius 1 is 1.57 bits per heavy atom. The van der Waals surface area contributed by atoms with Crippen molar-refractivity contribution in [3.63, 3.8) is 0 Å². The summed E-state index contributed by atoms with van der Waals surface area (Å²) < 4.78 is 0. The number of carboxylic acid groups (broad SMARTS) is 1. The zero-order chi connectivity index (χ0) is 10.9. The van der Waals surface area contributed by atoms with Crippen LogP contribution in [0.5, 0.6) is 0 Å². The van der Waals surface area contributed by atoms with E-state index in [1.165, 1.54) is 6.92 Å². The minimum absolute atomic E-state index is 0.124. The molecule has 1 aromatic heterocycles. The summed E-state index contributed by atoms with van der Waals surface area (Å²) in [7, 11) is 0. The number of rotatable bonds is 3. The van der Waals surface area contributed by atoms with Gasteiger partial charge in [-0.2, -0.15) is 0 Å². The van der Waals surface area contributed by atoms with Gasteiger partial charge < -0.3 is 15.2 Å². The van der Waals surface area contributed by atoms with Gasteiger partial charge in [-0.05, 0) is 32.4 Å². The fourth-order valence-corrected chi connectivity index (χ4v) is 1.41. The lowest BCUT2D eigenvalue weighted by molar-refractivity contribution is -0.156. The van der Waals surface area contributed by atoms with Crippen LogP contribution < -0.4 is 0 Å². The predicted octanol–water partition coefficient (Wildman–Crippen LogP) is 1.01. The highest BCUT2D eigenvalue weighted by Crippen LogP contribution is 2.17. The average Bonchev–Trinajstić information content (AvgIpc) is 2.29. The molecular formula is C10H15NO3. The largest absolute Gasteiger partial charge is 0.479 e. The highest BCUT2D eigenvalue weighted by atomic mass is 16.4. The van der Waals surface area contributed by atoms with Crippen LogP contribution >= 0.6 is 0 Å². The van der Waals surface area contributed by atoms with E-state index in [1.54, 1.807) is 0 Å². The van der Waals surface area contributed by atoms with Crippen molar-refractivity contribution >= 4 is 5.97 Å². The lowest BCUT2D eigenvalue weighted by Crippen LogP contribution is -2.37. The van der Waals surface area contributed by atoms with Gasteiger partial charge in [-0.1, -0.05) is 0 Å². The highest BCUT2D eigenvalue weighted by molar-refractivity contribution is 5.77. The van der Waals surface area contributed by atoms with Crippen molar-refractivity contribution in [3.05, 3.63) is 23.0 Å². The number of carboxylic acids is 1. The molecule has 0 saturated heterocycles. The van der Waals surface area contributed by atoms with Crippen molar-refractivity contribution in [1.82, 2.24) is 4.98 Å². The maximum atomic E-state index is 10.7. The van der Waals surface area contributed by atoms with Gasteiger partial charge in [0.1, 0.15) is 0 Å². The molecule has 0 bridgehead atoms. The number of hydrogen-bond donors (Lipinski definition) is 3. The van der Waals surface area contributed by atoms with Crippen molar-refractivity contribution in [2.75, 3.05) is 0 Å². The Bertz CT molecular complexity index is 352. The average molecular weight is 197 g/mol. The molecule has 14 heavy (non-hydrogen) atoms. The van der Waals surface area contributed by atoms with E-state index in [9.17, 15) is 9.90 Å². The molecule has 3 N–H and O–H groups in total. The number of aryl methyl sites for hydroxylation is 2. The van der Waals surface area contributed by atoms with Crippen LogP contribution in [0.3, 0.4) is 0 Å². The first-order valence-corrected chi connectivity index (χ1v) is 4.44. The molecule has 1 unspecified atom stereocenters. The summed E-state index contributed by atoms with van der Waals surface area (Å²) in [6.45, 7) is 5.06. The van der Waals surface area contributed by atoms with Gasteiger partial charge in [-0.3, -0.25) is 0 Å². The molecule has 0 fully saturated rings. The number of nitrogens with one attached hydrogen (secondary N) is 1. The summed E-state index contributed by atoms with van der Waals surface area (Å²) in [4.78, 5) is 13.7. The number of aromatic nitrogens is 1. The monoisotopic (exact) mass is 197 g/mol. The third kappa shape index (κ3) is 2.14. The van der Waals surface area contributed by atoms with E-state index < -0.39 is 11.6 Å². The highest BCUT2D eigenvalue weighted by Gasteiger charge is 2.30. The first-order chi connectivity index (χ1) is 6.33. The van der Waals surface area contributed by atoms with E-state index in [2.05, 4.69) is 4.98 Å². The fraction of sp³-hybridized carbons (Fsp3) is 0.500. The molecule has 0 aromatic carbocycles. The third-order valence-corrected chi connectivity index (χ3v) is 2.25. The first kappa shape index (κ1) is 10.8. The second-order valence-electron chi connectivity index (χ2n) is 3.86. The molecule has 0 amide bonds. The second-order valence-corrected chi connectivity index (χ2v) is 3.86. The molecule has 0 aliphatic rings. The number of H-pyrrole nitrogens is 1. The smallest absolute Gasteiger partial charge is 0.335 e. The summed E-state index contributed by atoms with van der Waals surface area (Å²) in [6.07, 6.45) is 0.124. The van der Waals surface area contributed by atoms with E-state index in [-0.39, 0.29) is 6.42 Å². The lowest BCUT2D eigenvalue weighted by Gasteiger charge is -2.17. The zero-order valence-electron chi connectivity index (χ0n) is 8.59. The molecule has 1 atom stereocenters. The van der Waals surface area contributed by atoms with Crippen molar-refractivity contribution in [2.45, 2.75) is 32.8 Å². The summed E-state index contributed by atoms with van der Waals surface area (Å²) >= 11 is 0. The summed E-state index contributed by atoms with van der Waals surface area (Å²) in [5.41, 5.74) is 1.02. The third-order valence-electron chi connectivity index (χ3n) is 2.25. The van der Waals surface area contributed by atoms with Crippen molar-refractivity contribution in [3.8, 4) is 0 Å². The van der Waals surface area contributed by atoms with Crippen LogP contribution in [0.2, 0.25) is 0 Å². The van der Waals surface area contributed by atoms with Gasteiger partial charge in [0.2, 0.25) is 0 Å². The predicted molar refractivity (Wildman–Crippen MR) is 52.2 cm³/mol. The van der Waals surface area contributed by atoms with Gasteiger partial charge >= 0.3 is 5.97 Å². The van der Waals surface area contributed by atoms with E-state index in [4.69, 9.17) is 5.11 Å². The van der Waals surface area contributed by atoms with Gasteiger partial charge in [-0.15, -0.1) is 0 Å². The molecule has 0 radical (unpaired) electrons. The molecule has 0 aliphatic heterocycles. The maximum absolute atomic E-state index is 10.7. The van der Waals surface area contributed by atoms with E-state index >= 15 is 0 Å². The summed E-state index contributed by atoms with van der Waals surface area (Å²) in [5.74, 6) is -1.20. The van der Waals surface area contributed by atoms with Crippen molar-refractivity contribution in [1.29, 1.82) is 0 Å². The Hall–Kier alpha value is -1.29. The van der Waals surface area contributed by atoms with Crippen LogP contribution in [0.1, 0.15) is 23.9 Å². The quantitative estimate of drug-likeness (QED) is 0.677. The Morgan fingerprint density at radius 3 is 2.50 bits per heavy atom. The van der Waals surface area contributed by atoms with Gasteiger partial charge in [0.25, 0.3) is 0 Å². The van der Waals surface area contributed by atoms with Crippen LogP contribution in [0.15, 0.2) is 6.07 Å². The summed E-state index contributed by atoms with van der Waals surface area (Å²) in [6, 6.07) is 1.85. The lowest BCUT2D eigenvalue weighted by atomic mass is 9.97. The molecule has 1 rings (SSSR count). The minimum Gasteiger partial charge on any atom is -0.479 e. The van der Waals surface area contributed by atoms with Gasteiger partial charge in [0.05, 0.1) is 0 Å². The van der Waals surface area contributed by atoms with Crippen LogP contribution in [0.4, 0.5) is 0 Å². The number of carbonyl (C=O) groups is 1. The standard InChI is InChI=1S/C10H15NO3/c1-6-4-8(7(2)11-6)5-10(3,14)9(12)13/h4,11,14H,5H2,1-3H3,(H,12,13). The Morgan fingerprint density at radius 2 is 2.14 bits per heavy atom. The number of aromatic amines is 1.